The summed E-state index contributed by atoms with van der Waals surface area (Å²) in [5.41, 5.74) is 0.682. The second kappa shape index (κ2) is 6.29. The van der Waals surface area contributed by atoms with E-state index < -0.39 is 16.6 Å². The van der Waals surface area contributed by atoms with Crippen molar-refractivity contribution >= 4 is 43.0 Å². The zero-order chi connectivity index (χ0) is 15.6. The first-order chi connectivity index (χ1) is 9.78. The van der Waals surface area contributed by atoms with Crippen molar-refractivity contribution < 1.29 is 21.9 Å². The number of rotatable bonds is 5. The summed E-state index contributed by atoms with van der Waals surface area (Å²) in [6.45, 7) is -1.32. The lowest BCUT2D eigenvalue weighted by molar-refractivity contribution is -0.0493. The molecule has 1 N–H and O–H groups in total. The van der Waals surface area contributed by atoms with Gasteiger partial charge in [0.25, 0.3) is 10.0 Å². The number of ether oxygens (including phenoxy) is 1. The zero-order valence-corrected chi connectivity index (χ0v) is 13.9. The summed E-state index contributed by atoms with van der Waals surface area (Å²) in [5, 5.41) is 0. The van der Waals surface area contributed by atoms with E-state index in [9.17, 15) is 17.2 Å². The summed E-state index contributed by atoms with van der Waals surface area (Å²) in [6.07, 6.45) is 0. The highest BCUT2D eigenvalue weighted by Gasteiger charge is 2.20. The molecule has 0 aliphatic heterocycles. The molecular formula is C12H10BrF2NO3S2. The first-order valence-corrected chi connectivity index (χ1v) is 8.71. The fraction of sp³-hybridized carbons (Fsp3) is 0.167. The van der Waals surface area contributed by atoms with Gasteiger partial charge in [-0.2, -0.15) is 8.78 Å². The summed E-state index contributed by atoms with van der Waals surface area (Å²) >= 11 is 4.19. The molecule has 0 fully saturated rings. The molecule has 1 aromatic heterocycles. The molecule has 0 radical (unpaired) electrons. The second-order valence-corrected chi connectivity index (χ2v) is 8.41. The molecule has 0 aliphatic carbocycles. The second-order valence-electron chi connectivity index (χ2n) is 4.04. The molecule has 0 saturated carbocycles. The molecule has 2 rings (SSSR count). The first-order valence-electron chi connectivity index (χ1n) is 5.61. The number of anilines is 1. The Labute approximate surface area is 132 Å². The summed E-state index contributed by atoms with van der Waals surface area (Å²) in [5.74, 6) is -0.227. The van der Waals surface area contributed by atoms with Gasteiger partial charge in [-0.1, -0.05) is 6.07 Å². The van der Waals surface area contributed by atoms with Gasteiger partial charge in [0.15, 0.2) is 0 Å². The number of aryl methyl sites for hydroxylation is 1. The zero-order valence-electron chi connectivity index (χ0n) is 10.6. The minimum absolute atomic E-state index is 0.0279. The van der Waals surface area contributed by atoms with Crippen LogP contribution in [-0.4, -0.2) is 15.0 Å². The number of nitrogens with one attached hydrogen (secondary N) is 1. The summed E-state index contributed by atoms with van der Waals surface area (Å²) in [6, 6.07) is 7.28. The lowest BCUT2D eigenvalue weighted by atomic mass is 10.2. The Bertz CT molecular complexity index is 747. The van der Waals surface area contributed by atoms with Crippen LogP contribution in [0.4, 0.5) is 14.5 Å². The third-order valence-corrected chi connectivity index (χ3v) is 5.89. The third kappa shape index (κ3) is 4.14. The number of hydrogen-bond donors (Lipinski definition) is 1. The van der Waals surface area contributed by atoms with Gasteiger partial charge >= 0.3 is 6.61 Å². The molecule has 0 bridgehead atoms. The van der Waals surface area contributed by atoms with Gasteiger partial charge in [0.1, 0.15) is 9.96 Å². The van der Waals surface area contributed by atoms with Crippen LogP contribution >= 0.6 is 27.3 Å². The van der Waals surface area contributed by atoms with Crippen molar-refractivity contribution in [2.24, 2.45) is 0 Å². The molecule has 1 aromatic carbocycles. The van der Waals surface area contributed by atoms with Crippen molar-refractivity contribution in [2.75, 3.05) is 4.72 Å². The van der Waals surface area contributed by atoms with Gasteiger partial charge < -0.3 is 4.74 Å². The average Bonchev–Trinajstić information content (AvgIpc) is 2.79. The van der Waals surface area contributed by atoms with Gasteiger partial charge in [-0.15, -0.1) is 11.3 Å². The monoisotopic (exact) mass is 397 g/mol. The minimum atomic E-state index is -3.85. The first kappa shape index (κ1) is 16.2. The molecule has 2 aromatic rings. The normalized spacial score (nSPS) is 11.7. The van der Waals surface area contributed by atoms with Gasteiger partial charge in [0.2, 0.25) is 0 Å². The quantitative estimate of drug-likeness (QED) is 0.821. The van der Waals surface area contributed by atoms with Gasteiger partial charge in [-0.05, 0) is 52.7 Å². The number of hydrogen-bond acceptors (Lipinski definition) is 4. The van der Waals surface area contributed by atoms with Crippen LogP contribution in [0.3, 0.4) is 0 Å². The molecule has 4 nitrogen and oxygen atoms in total. The van der Waals surface area contributed by atoms with E-state index in [0.717, 1.165) is 11.3 Å². The van der Waals surface area contributed by atoms with E-state index in [2.05, 4.69) is 25.4 Å². The van der Waals surface area contributed by atoms with Crippen molar-refractivity contribution in [3.8, 4) is 5.75 Å². The Balaban J connectivity index is 2.36. The molecule has 1 heterocycles. The Hall–Kier alpha value is -1.19. The maximum absolute atomic E-state index is 12.4. The molecule has 114 valence electrons. The van der Waals surface area contributed by atoms with Crippen molar-refractivity contribution in [2.45, 2.75) is 17.7 Å². The summed E-state index contributed by atoms with van der Waals surface area (Å²) in [7, 11) is -3.85. The summed E-state index contributed by atoms with van der Waals surface area (Å²) < 4.78 is 56.4. The minimum Gasteiger partial charge on any atom is -0.433 e. The van der Waals surface area contributed by atoms with Gasteiger partial charge in [-0.25, -0.2) is 8.42 Å². The molecule has 21 heavy (non-hydrogen) atoms. The topological polar surface area (TPSA) is 55.4 Å². The van der Waals surface area contributed by atoms with Crippen LogP contribution in [0.15, 0.2) is 38.3 Å². The Morgan fingerprint density at radius 3 is 2.57 bits per heavy atom. The SMILES string of the molecule is Cc1ccc(OC(F)F)c(NS(=O)(=O)c2ccc(Br)s2)c1. The number of sulfonamides is 1. The van der Waals surface area contributed by atoms with E-state index in [1.165, 1.54) is 18.2 Å². The predicted octanol–water partition coefficient (Wildman–Crippen LogP) is 4.22. The Morgan fingerprint density at radius 2 is 2.00 bits per heavy atom. The van der Waals surface area contributed by atoms with E-state index in [1.807, 2.05) is 0 Å². The molecule has 0 amide bonds. The third-order valence-electron chi connectivity index (χ3n) is 2.41. The lowest BCUT2D eigenvalue weighted by Gasteiger charge is -2.13. The highest BCUT2D eigenvalue weighted by molar-refractivity contribution is 9.11. The molecular weight excluding hydrogens is 388 g/mol. The number of thiophene rings is 1. The smallest absolute Gasteiger partial charge is 0.387 e. The van der Waals surface area contributed by atoms with Crippen molar-refractivity contribution in [1.82, 2.24) is 0 Å². The van der Waals surface area contributed by atoms with Gasteiger partial charge in [-0.3, -0.25) is 4.72 Å². The van der Waals surface area contributed by atoms with Gasteiger partial charge in [0, 0.05) is 0 Å². The van der Waals surface area contributed by atoms with E-state index in [-0.39, 0.29) is 15.6 Å². The molecule has 0 atom stereocenters. The molecule has 9 heteroatoms. The van der Waals surface area contributed by atoms with Gasteiger partial charge in [0.05, 0.1) is 9.47 Å². The number of halogens is 3. The molecule has 0 unspecified atom stereocenters. The fourth-order valence-corrected chi connectivity index (χ4v) is 4.63. The average molecular weight is 398 g/mol. The van der Waals surface area contributed by atoms with E-state index in [1.54, 1.807) is 19.1 Å². The Kier molecular flexibility index (Phi) is 4.84. The van der Waals surface area contributed by atoms with E-state index >= 15 is 0 Å². The van der Waals surface area contributed by atoms with Crippen LogP contribution in [0.25, 0.3) is 0 Å². The van der Waals surface area contributed by atoms with Crippen LogP contribution < -0.4 is 9.46 Å². The van der Waals surface area contributed by atoms with Crippen LogP contribution in [0.2, 0.25) is 0 Å². The van der Waals surface area contributed by atoms with Crippen LogP contribution in [0.5, 0.6) is 5.75 Å². The maximum atomic E-state index is 12.4. The number of benzene rings is 1. The Morgan fingerprint density at radius 1 is 1.29 bits per heavy atom. The van der Waals surface area contributed by atoms with Crippen molar-refractivity contribution in [3.63, 3.8) is 0 Å². The summed E-state index contributed by atoms with van der Waals surface area (Å²) in [4.78, 5) is 0. The maximum Gasteiger partial charge on any atom is 0.387 e. The van der Waals surface area contributed by atoms with Crippen LogP contribution in [0, 0.1) is 6.92 Å². The standard InChI is InChI=1S/C12H10BrF2NO3S2/c1-7-2-3-9(19-12(14)15)8(6-7)16-21(17,18)11-5-4-10(13)20-11/h2-6,12,16H,1H3. The molecule has 0 aliphatic rings. The molecule has 0 spiro atoms. The highest BCUT2D eigenvalue weighted by atomic mass is 79.9. The highest BCUT2D eigenvalue weighted by Crippen LogP contribution is 2.32. The molecule has 0 saturated heterocycles. The number of alkyl halides is 2. The predicted molar refractivity (Wildman–Crippen MR) is 80.6 cm³/mol. The van der Waals surface area contributed by atoms with Crippen LogP contribution in [-0.2, 0) is 10.0 Å². The van der Waals surface area contributed by atoms with E-state index in [0.29, 0.717) is 9.35 Å². The fourth-order valence-electron chi connectivity index (χ4n) is 1.56. The van der Waals surface area contributed by atoms with E-state index in [4.69, 9.17) is 0 Å². The largest absolute Gasteiger partial charge is 0.433 e. The van der Waals surface area contributed by atoms with Crippen molar-refractivity contribution in [1.29, 1.82) is 0 Å². The lowest BCUT2D eigenvalue weighted by Crippen LogP contribution is -2.13. The van der Waals surface area contributed by atoms with Crippen LogP contribution in [0.1, 0.15) is 5.56 Å². The van der Waals surface area contributed by atoms with Crippen molar-refractivity contribution in [3.05, 3.63) is 39.7 Å².